The van der Waals surface area contributed by atoms with Crippen molar-refractivity contribution in [3.8, 4) is 0 Å². The van der Waals surface area contributed by atoms with Gasteiger partial charge in [0.15, 0.2) is 0 Å². The average molecular weight is 266 g/mol. The number of aryl methyl sites for hydroxylation is 2. The monoisotopic (exact) mass is 266 g/mol. The molecule has 3 rings (SSSR count). The molecule has 3 aromatic rings. The van der Waals surface area contributed by atoms with Crippen LogP contribution in [0.2, 0.25) is 0 Å². The first-order valence-corrected chi connectivity index (χ1v) is 7.21. The van der Waals surface area contributed by atoms with Crippen molar-refractivity contribution < 1.29 is 0 Å². The quantitative estimate of drug-likeness (QED) is 0.656. The predicted molar refractivity (Wildman–Crippen MR) is 86.1 cm³/mol. The fourth-order valence-corrected chi connectivity index (χ4v) is 2.39. The van der Waals surface area contributed by atoms with Crippen molar-refractivity contribution in [2.75, 3.05) is 0 Å². The smallest absolute Gasteiger partial charge is 0.107 e. The second-order valence-corrected chi connectivity index (χ2v) is 4.72. The molecule has 0 aliphatic carbocycles. The Balaban J connectivity index is 0.000000704. The Kier molecular flexibility index (Phi) is 4.57. The van der Waals surface area contributed by atoms with Crippen LogP contribution < -0.4 is 0 Å². The van der Waals surface area contributed by atoms with E-state index in [4.69, 9.17) is 0 Å². The van der Waals surface area contributed by atoms with E-state index in [0.29, 0.717) is 0 Å². The maximum atomic E-state index is 4.59. The van der Waals surface area contributed by atoms with Crippen molar-refractivity contribution in [2.45, 2.75) is 34.2 Å². The maximum absolute atomic E-state index is 4.59. The molecule has 2 heteroatoms. The minimum absolute atomic E-state index is 0.883. The maximum Gasteiger partial charge on any atom is 0.107 e. The Morgan fingerprint density at radius 1 is 0.950 bits per heavy atom. The third-order valence-electron chi connectivity index (χ3n) is 3.27. The van der Waals surface area contributed by atoms with E-state index < -0.39 is 0 Å². The second kappa shape index (κ2) is 6.38. The molecule has 2 aromatic carbocycles. The van der Waals surface area contributed by atoms with Crippen molar-refractivity contribution in [1.82, 2.24) is 9.55 Å². The van der Waals surface area contributed by atoms with E-state index >= 15 is 0 Å². The highest BCUT2D eigenvalue weighted by molar-refractivity contribution is 5.75. The topological polar surface area (TPSA) is 17.8 Å². The fourth-order valence-electron chi connectivity index (χ4n) is 2.39. The number of imidazole rings is 1. The van der Waals surface area contributed by atoms with Gasteiger partial charge < -0.3 is 4.57 Å². The van der Waals surface area contributed by atoms with Gasteiger partial charge >= 0.3 is 0 Å². The summed E-state index contributed by atoms with van der Waals surface area (Å²) < 4.78 is 2.27. The Labute approximate surface area is 121 Å². The summed E-state index contributed by atoms with van der Waals surface area (Å²) in [6, 6.07) is 16.9. The van der Waals surface area contributed by atoms with E-state index in [2.05, 4.69) is 65.9 Å². The first-order valence-electron chi connectivity index (χ1n) is 7.21. The molecule has 0 aliphatic heterocycles. The SMILES string of the molecule is CC.Cc1cccc(Cn2c(C)nc3ccccc32)c1. The van der Waals surface area contributed by atoms with Crippen LogP contribution in [0.25, 0.3) is 11.0 Å². The van der Waals surface area contributed by atoms with Crippen LogP contribution in [-0.2, 0) is 6.54 Å². The molecule has 0 fully saturated rings. The summed E-state index contributed by atoms with van der Waals surface area (Å²) in [5, 5.41) is 0. The lowest BCUT2D eigenvalue weighted by atomic mass is 10.1. The Bertz CT molecular complexity index is 695. The van der Waals surface area contributed by atoms with Crippen LogP contribution in [0.1, 0.15) is 30.8 Å². The lowest BCUT2D eigenvalue weighted by Gasteiger charge is -2.07. The molecular formula is C18H22N2. The zero-order valence-electron chi connectivity index (χ0n) is 12.7. The average Bonchev–Trinajstić information content (AvgIpc) is 2.78. The normalized spacial score (nSPS) is 10.2. The zero-order valence-corrected chi connectivity index (χ0v) is 12.7. The van der Waals surface area contributed by atoms with Crippen LogP contribution >= 0.6 is 0 Å². The first kappa shape index (κ1) is 14.3. The van der Waals surface area contributed by atoms with Crippen LogP contribution in [0, 0.1) is 13.8 Å². The van der Waals surface area contributed by atoms with Gasteiger partial charge in [-0.25, -0.2) is 4.98 Å². The van der Waals surface area contributed by atoms with Gasteiger partial charge in [-0.05, 0) is 31.5 Å². The van der Waals surface area contributed by atoms with Gasteiger partial charge in [-0.1, -0.05) is 55.8 Å². The van der Waals surface area contributed by atoms with E-state index in [9.17, 15) is 0 Å². The van der Waals surface area contributed by atoms with Gasteiger partial charge in [0, 0.05) is 6.54 Å². The highest BCUT2D eigenvalue weighted by Gasteiger charge is 2.06. The predicted octanol–water partition coefficient (Wildman–Crippen LogP) is 4.73. The molecule has 0 unspecified atom stereocenters. The number of rotatable bonds is 2. The fraction of sp³-hybridized carbons (Fsp3) is 0.278. The lowest BCUT2D eigenvalue weighted by Crippen LogP contribution is -2.02. The highest BCUT2D eigenvalue weighted by atomic mass is 15.1. The van der Waals surface area contributed by atoms with Gasteiger partial charge in [-0.2, -0.15) is 0 Å². The van der Waals surface area contributed by atoms with Gasteiger partial charge in [0.25, 0.3) is 0 Å². The van der Waals surface area contributed by atoms with E-state index in [1.165, 1.54) is 16.6 Å². The van der Waals surface area contributed by atoms with Crippen molar-refractivity contribution in [3.05, 3.63) is 65.5 Å². The summed E-state index contributed by atoms with van der Waals surface area (Å²) in [7, 11) is 0. The van der Waals surface area contributed by atoms with E-state index in [1.54, 1.807) is 0 Å². The molecule has 0 saturated carbocycles. The van der Waals surface area contributed by atoms with Crippen LogP contribution in [0.5, 0.6) is 0 Å². The Morgan fingerprint density at radius 3 is 2.45 bits per heavy atom. The number of benzene rings is 2. The number of hydrogen-bond acceptors (Lipinski definition) is 1. The summed E-state index contributed by atoms with van der Waals surface area (Å²) in [5.41, 5.74) is 4.90. The number of hydrogen-bond donors (Lipinski definition) is 0. The largest absolute Gasteiger partial charge is 0.324 e. The molecule has 0 aliphatic rings. The van der Waals surface area contributed by atoms with E-state index in [0.717, 1.165) is 17.9 Å². The third-order valence-corrected chi connectivity index (χ3v) is 3.27. The van der Waals surface area contributed by atoms with Crippen molar-refractivity contribution >= 4 is 11.0 Å². The van der Waals surface area contributed by atoms with Crippen LogP contribution in [0.4, 0.5) is 0 Å². The third kappa shape index (κ3) is 2.90. The van der Waals surface area contributed by atoms with Crippen LogP contribution in [-0.4, -0.2) is 9.55 Å². The van der Waals surface area contributed by atoms with Gasteiger partial charge in [-0.3, -0.25) is 0 Å². The van der Waals surface area contributed by atoms with Crippen LogP contribution in [0.15, 0.2) is 48.5 Å². The summed E-state index contributed by atoms with van der Waals surface area (Å²) in [6.45, 7) is 9.08. The zero-order chi connectivity index (χ0) is 14.5. The molecule has 0 spiro atoms. The molecule has 0 amide bonds. The molecule has 0 N–H and O–H groups in total. The second-order valence-electron chi connectivity index (χ2n) is 4.72. The summed E-state index contributed by atoms with van der Waals surface area (Å²) in [4.78, 5) is 4.59. The number of fused-ring (bicyclic) bond motifs is 1. The molecule has 0 saturated heterocycles. The lowest BCUT2D eigenvalue weighted by molar-refractivity contribution is 0.785. The van der Waals surface area contributed by atoms with Gasteiger partial charge in [0.05, 0.1) is 11.0 Å². The molecule has 0 atom stereocenters. The molecule has 0 bridgehead atoms. The Morgan fingerprint density at radius 2 is 1.70 bits per heavy atom. The Hall–Kier alpha value is -2.09. The molecule has 2 nitrogen and oxygen atoms in total. The van der Waals surface area contributed by atoms with Gasteiger partial charge in [0.2, 0.25) is 0 Å². The number of aromatic nitrogens is 2. The molecule has 20 heavy (non-hydrogen) atoms. The van der Waals surface area contributed by atoms with Crippen molar-refractivity contribution in [2.24, 2.45) is 0 Å². The minimum atomic E-state index is 0.883. The molecule has 1 heterocycles. The first-order chi connectivity index (χ1) is 9.74. The summed E-state index contributed by atoms with van der Waals surface area (Å²) >= 11 is 0. The standard InChI is InChI=1S/C16H16N2.C2H6/c1-12-6-5-7-14(10-12)11-18-13(2)17-15-8-3-4-9-16(15)18;1-2/h3-10H,11H2,1-2H3;1-2H3. The number of para-hydroxylation sites is 2. The molecule has 0 radical (unpaired) electrons. The van der Waals surface area contributed by atoms with E-state index in [-0.39, 0.29) is 0 Å². The highest BCUT2D eigenvalue weighted by Crippen LogP contribution is 2.17. The molecular weight excluding hydrogens is 244 g/mol. The van der Waals surface area contributed by atoms with Gasteiger partial charge in [-0.15, -0.1) is 0 Å². The van der Waals surface area contributed by atoms with Crippen LogP contribution in [0.3, 0.4) is 0 Å². The van der Waals surface area contributed by atoms with Crippen molar-refractivity contribution in [3.63, 3.8) is 0 Å². The minimum Gasteiger partial charge on any atom is -0.324 e. The summed E-state index contributed by atoms with van der Waals surface area (Å²) in [6.07, 6.45) is 0. The molecule has 104 valence electrons. The van der Waals surface area contributed by atoms with Gasteiger partial charge in [0.1, 0.15) is 5.82 Å². The summed E-state index contributed by atoms with van der Waals surface area (Å²) in [5.74, 6) is 1.07. The van der Waals surface area contributed by atoms with E-state index in [1.807, 2.05) is 19.9 Å². The number of nitrogens with zero attached hydrogens (tertiary/aromatic N) is 2. The van der Waals surface area contributed by atoms with Crippen molar-refractivity contribution in [1.29, 1.82) is 0 Å². The molecule has 1 aromatic heterocycles.